The molecule has 20 heavy (non-hydrogen) atoms. The average Bonchev–Trinajstić information content (AvgIpc) is 2.37. The predicted molar refractivity (Wildman–Crippen MR) is 86.2 cm³/mol. The standard InChI is InChI=1S/C15H16FIN2O/c1-8(2)6-12-13(17)15(20)19-14(18-12)10-4-5-11(16)9(3)7-10/h4-5,7-8H,6H2,1-3H3,(H,18,19,20). The Morgan fingerprint density at radius 3 is 2.70 bits per heavy atom. The maximum Gasteiger partial charge on any atom is 0.264 e. The molecule has 1 aromatic carbocycles. The molecule has 0 unspecified atom stereocenters. The molecule has 0 aliphatic rings. The van der Waals surface area contributed by atoms with Crippen molar-refractivity contribution in [1.29, 1.82) is 0 Å². The molecule has 0 aliphatic carbocycles. The maximum absolute atomic E-state index is 13.3. The molecule has 0 fully saturated rings. The third-order valence-electron chi connectivity index (χ3n) is 2.96. The van der Waals surface area contributed by atoms with Crippen molar-refractivity contribution in [1.82, 2.24) is 9.97 Å². The van der Waals surface area contributed by atoms with E-state index in [0.29, 0.717) is 20.9 Å². The predicted octanol–water partition coefficient (Wildman–Crippen LogP) is 3.69. The lowest BCUT2D eigenvalue weighted by Gasteiger charge is -2.09. The van der Waals surface area contributed by atoms with Crippen molar-refractivity contribution in [2.75, 3.05) is 0 Å². The Labute approximate surface area is 130 Å². The molecule has 0 atom stereocenters. The second-order valence-electron chi connectivity index (χ2n) is 5.24. The number of benzene rings is 1. The molecular weight excluding hydrogens is 370 g/mol. The number of halogens is 2. The number of aromatic amines is 1. The molecule has 0 bridgehead atoms. The van der Waals surface area contributed by atoms with Crippen LogP contribution in [0.5, 0.6) is 0 Å². The highest BCUT2D eigenvalue weighted by molar-refractivity contribution is 14.1. The Morgan fingerprint density at radius 2 is 2.10 bits per heavy atom. The van der Waals surface area contributed by atoms with Crippen LogP contribution in [0.2, 0.25) is 0 Å². The summed E-state index contributed by atoms with van der Waals surface area (Å²) in [7, 11) is 0. The van der Waals surface area contributed by atoms with Crippen molar-refractivity contribution >= 4 is 22.6 Å². The Hall–Kier alpha value is -1.24. The molecule has 1 N–H and O–H groups in total. The molecule has 0 amide bonds. The Balaban J connectivity index is 2.54. The van der Waals surface area contributed by atoms with Crippen LogP contribution < -0.4 is 5.56 Å². The van der Waals surface area contributed by atoms with Crippen LogP contribution >= 0.6 is 22.6 Å². The van der Waals surface area contributed by atoms with Crippen molar-refractivity contribution in [3.05, 3.63) is 49.2 Å². The van der Waals surface area contributed by atoms with Gasteiger partial charge >= 0.3 is 0 Å². The molecule has 0 saturated carbocycles. The fraction of sp³-hybridized carbons (Fsp3) is 0.333. The highest BCUT2D eigenvalue weighted by Gasteiger charge is 2.12. The molecule has 2 aromatic rings. The average molecular weight is 386 g/mol. The number of hydrogen-bond donors (Lipinski definition) is 1. The molecule has 0 spiro atoms. The number of H-pyrrole nitrogens is 1. The summed E-state index contributed by atoms with van der Waals surface area (Å²) in [6, 6.07) is 4.72. The summed E-state index contributed by atoms with van der Waals surface area (Å²) in [4.78, 5) is 19.3. The Morgan fingerprint density at radius 1 is 1.40 bits per heavy atom. The third-order valence-corrected chi connectivity index (χ3v) is 4.08. The second kappa shape index (κ2) is 6.03. The minimum atomic E-state index is -0.260. The minimum Gasteiger partial charge on any atom is -0.306 e. The van der Waals surface area contributed by atoms with Crippen LogP contribution in [0.15, 0.2) is 23.0 Å². The van der Waals surface area contributed by atoms with Gasteiger partial charge in [-0.3, -0.25) is 4.79 Å². The fourth-order valence-corrected chi connectivity index (χ4v) is 2.43. The highest BCUT2D eigenvalue weighted by atomic mass is 127. The number of hydrogen-bond acceptors (Lipinski definition) is 2. The van der Waals surface area contributed by atoms with Crippen LogP contribution in [0.4, 0.5) is 4.39 Å². The Bertz CT molecular complexity index is 695. The summed E-state index contributed by atoms with van der Waals surface area (Å²) in [6.45, 7) is 5.86. The molecule has 1 aromatic heterocycles. The van der Waals surface area contributed by atoms with E-state index in [0.717, 1.165) is 17.7 Å². The van der Waals surface area contributed by atoms with Gasteiger partial charge in [0, 0.05) is 5.56 Å². The van der Waals surface area contributed by atoms with E-state index in [1.165, 1.54) is 6.07 Å². The van der Waals surface area contributed by atoms with Crippen LogP contribution in [-0.2, 0) is 6.42 Å². The molecule has 0 radical (unpaired) electrons. The topological polar surface area (TPSA) is 45.8 Å². The lowest BCUT2D eigenvalue weighted by molar-refractivity contribution is 0.618. The van der Waals surface area contributed by atoms with Gasteiger partial charge in [-0.05, 0) is 65.6 Å². The normalized spacial score (nSPS) is 11.1. The van der Waals surface area contributed by atoms with Gasteiger partial charge in [-0.2, -0.15) is 0 Å². The van der Waals surface area contributed by atoms with E-state index >= 15 is 0 Å². The monoisotopic (exact) mass is 386 g/mol. The zero-order chi connectivity index (χ0) is 14.9. The Kier molecular flexibility index (Phi) is 4.57. The van der Waals surface area contributed by atoms with E-state index < -0.39 is 0 Å². The lowest BCUT2D eigenvalue weighted by Crippen LogP contribution is -2.17. The highest BCUT2D eigenvalue weighted by Crippen LogP contribution is 2.19. The van der Waals surface area contributed by atoms with Gasteiger partial charge in [-0.25, -0.2) is 9.37 Å². The summed E-state index contributed by atoms with van der Waals surface area (Å²) in [5.74, 6) is 0.652. The molecule has 0 aliphatic heterocycles. The van der Waals surface area contributed by atoms with Crippen molar-refractivity contribution in [3.63, 3.8) is 0 Å². The second-order valence-corrected chi connectivity index (χ2v) is 6.32. The van der Waals surface area contributed by atoms with E-state index in [4.69, 9.17) is 0 Å². The smallest absolute Gasteiger partial charge is 0.264 e. The number of nitrogens with one attached hydrogen (secondary N) is 1. The van der Waals surface area contributed by atoms with Crippen LogP contribution in [0, 0.1) is 22.2 Å². The van der Waals surface area contributed by atoms with E-state index in [1.54, 1.807) is 19.1 Å². The molecule has 3 nitrogen and oxygen atoms in total. The number of aromatic nitrogens is 2. The summed E-state index contributed by atoms with van der Waals surface area (Å²) in [6.07, 6.45) is 0.745. The number of rotatable bonds is 3. The molecule has 1 heterocycles. The van der Waals surface area contributed by atoms with Gasteiger partial charge in [0.2, 0.25) is 0 Å². The van der Waals surface area contributed by atoms with Crippen molar-refractivity contribution < 1.29 is 4.39 Å². The van der Waals surface area contributed by atoms with Gasteiger partial charge in [0.25, 0.3) is 5.56 Å². The first-order valence-electron chi connectivity index (χ1n) is 6.43. The van der Waals surface area contributed by atoms with Crippen LogP contribution in [0.3, 0.4) is 0 Å². The first kappa shape index (κ1) is 15.2. The third kappa shape index (κ3) is 3.26. The summed E-state index contributed by atoms with van der Waals surface area (Å²) in [5, 5.41) is 0. The van der Waals surface area contributed by atoms with Crippen LogP contribution in [0.1, 0.15) is 25.1 Å². The lowest BCUT2D eigenvalue weighted by atomic mass is 10.1. The van der Waals surface area contributed by atoms with Gasteiger partial charge in [0.05, 0.1) is 9.26 Å². The zero-order valence-electron chi connectivity index (χ0n) is 11.6. The van der Waals surface area contributed by atoms with Crippen LogP contribution in [0.25, 0.3) is 11.4 Å². The summed E-state index contributed by atoms with van der Waals surface area (Å²) < 4.78 is 13.9. The first-order valence-corrected chi connectivity index (χ1v) is 7.51. The van der Waals surface area contributed by atoms with Crippen molar-refractivity contribution in [2.24, 2.45) is 5.92 Å². The van der Waals surface area contributed by atoms with Crippen LogP contribution in [-0.4, -0.2) is 9.97 Å². The van der Waals surface area contributed by atoms with E-state index in [9.17, 15) is 9.18 Å². The summed E-state index contributed by atoms with van der Waals surface area (Å²) >= 11 is 2.02. The van der Waals surface area contributed by atoms with Gasteiger partial charge in [-0.15, -0.1) is 0 Å². The molecule has 5 heteroatoms. The van der Waals surface area contributed by atoms with Gasteiger partial charge in [0.15, 0.2) is 0 Å². The molecule has 106 valence electrons. The van der Waals surface area contributed by atoms with Gasteiger partial charge in [-0.1, -0.05) is 13.8 Å². The first-order chi connectivity index (χ1) is 9.38. The quantitative estimate of drug-likeness (QED) is 0.818. The summed E-state index contributed by atoms with van der Waals surface area (Å²) in [5.41, 5.74) is 1.91. The van der Waals surface area contributed by atoms with Gasteiger partial charge < -0.3 is 4.98 Å². The zero-order valence-corrected chi connectivity index (χ0v) is 13.8. The SMILES string of the molecule is Cc1cc(-c2nc(CC(C)C)c(I)c(=O)[nH]2)ccc1F. The largest absolute Gasteiger partial charge is 0.306 e. The van der Waals surface area contributed by atoms with Crippen molar-refractivity contribution in [2.45, 2.75) is 27.2 Å². The molecule has 0 saturated heterocycles. The van der Waals surface area contributed by atoms with Crippen molar-refractivity contribution in [3.8, 4) is 11.4 Å². The van der Waals surface area contributed by atoms with E-state index in [1.807, 2.05) is 22.6 Å². The van der Waals surface area contributed by atoms with E-state index in [-0.39, 0.29) is 11.4 Å². The molecule has 2 rings (SSSR count). The number of nitrogens with zero attached hydrogens (tertiary/aromatic N) is 1. The van der Waals surface area contributed by atoms with Gasteiger partial charge in [0.1, 0.15) is 11.6 Å². The minimum absolute atomic E-state index is 0.145. The number of aryl methyl sites for hydroxylation is 1. The van der Waals surface area contributed by atoms with E-state index in [2.05, 4.69) is 23.8 Å². The fourth-order valence-electron chi connectivity index (χ4n) is 1.96. The molecular formula is C15H16FIN2O. The maximum atomic E-state index is 13.3.